The molecular weight excluding hydrogens is 260 g/mol. The predicted octanol–water partition coefficient (Wildman–Crippen LogP) is 2.70. The summed E-state index contributed by atoms with van der Waals surface area (Å²) in [6.07, 6.45) is -0.604. The van der Waals surface area contributed by atoms with Crippen LogP contribution in [0.3, 0.4) is 0 Å². The van der Waals surface area contributed by atoms with Crippen molar-refractivity contribution in [3.63, 3.8) is 0 Å². The Bertz CT molecular complexity index is 343. The molecule has 4 heteroatoms. The molecule has 1 rings (SSSR count). The van der Waals surface area contributed by atoms with Crippen molar-refractivity contribution < 1.29 is 14.3 Å². The quantitative estimate of drug-likeness (QED) is 0.794. The molecule has 0 aliphatic carbocycles. The van der Waals surface area contributed by atoms with Crippen molar-refractivity contribution in [1.29, 1.82) is 0 Å². The lowest BCUT2D eigenvalue weighted by molar-refractivity contribution is -0.147. The van der Waals surface area contributed by atoms with Gasteiger partial charge in [-0.05, 0) is 41.4 Å². The van der Waals surface area contributed by atoms with Crippen LogP contribution in [-0.2, 0) is 9.53 Å². The van der Waals surface area contributed by atoms with Crippen LogP contribution in [0.2, 0.25) is 0 Å². The van der Waals surface area contributed by atoms with E-state index in [2.05, 4.69) is 20.7 Å². The minimum Gasteiger partial charge on any atom is -0.478 e. The van der Waals surface area contributed by atoms with Crippen molar-refractivity contribution in [3.05, 3.63) is 28.2 Å². The van der Waals surface area contributed by atoms with E-state index in [1.807, 2.05) is 25.1 Å². The van der Waals surface area contributed by atoms with E-state index in [4.69, 9.17) is 4.74 Å². The van der Waals surface area contributed by atoms with E-state index in [0.717, 1.165) is 10.0 Å². The Labute approximate surface area is 97.5 Å². The van der Waals surface area contributed by atoms with Gasteiger partial charge in [-0.25, -0.2) is 4.79 Å². The van der Waals surface area contributed by atoms with Gasteiger partial charge in [0.1, 0.15) is 5.75 Å². The van der Waals surface area contributed by atoms with Gasteiger partial charge in [0.2, 0.25) is 0 Å². The van der Waals surface area contributed by atoms with Crippen molar-refractivity contribution >= 4 is 21.9 Å². The zero-order valence-electron chi connectivity index (χ0n) is 8.91. The fourth-order valence-corrected chi connectivity index (χ4v) is 1.72. The van der Waals surface area contributed by atoms with E-state index < -0.39 is 6.10 Å². The van der Waals surface area contributed by atoms with Crippen LogP contribution in [0.25, 0.3) is 0 Å². The molecule has 1 aromatic rings. The largest absolute Gasteiger partial charge is 0.478 e. The first kappa shape index (κ1) is 12.0. The van der Waals surface area contributed by atoms with Crippen LogP contribution in [0, 0.1) is 6.92 Å². The number of hydrogen-bond acceptors (Lipinski definition) is 3. The number of hydrogen-bond donors (Lipinski definition) is 0. The lowest BCUT2D eigenvalue weighted by Gasteiger charge is -2.15. The van der Waals surface area contributed by atoms with Crippen LogP contribution in [0.4, 0.5) is 0 Å². The summed E-state index contributed by atoms with van der Waals surface area (Å²) in [4.78, 5) is 11.2. The maximum Gasteiger partial charge on any atom is 0.346 e. The second-order valence-electron chi connectivity index (χ2n) is 3.17. The van der Waals surface area contributed by atoms with E-state index in [1.165, 1.54) is 7.11 Å². The molecule has 3 nitrogen and oxygen atoms in total. The number of aryl methyl sites for hydroxylation is 1. The molecule has 0 amide bonds. The number of rotatable bonds is 3. The van der Waals surface area contributed by atoms with Crippen molar-refractivity contribution in [1.82, 2.24) is 0 Å². The van der Waals surface area contributed by atoms with Crippen LogP contribution >= 0.6 is 15.9 Å². The van der Waals surface area contributed by atoms with Crippen molar-refractivity contribution in [2.75, 3.05) is 7.11 Å². The second kappa shape index (κ2) is 5.16. The molecule has 0 aliphatic rings. The molecule has 1 atom stereocenters. The molecule has 0 aromatic heterocycles. The van der Waals surface area contributed by atoms with Gasteiger partial charge in [-0.15, -0.1) is 0 Å². The minimum atomic E-state index is -0.604. The molecule has 0 fully saturated rings. The first-order valence-corrected chi connectivity index (χ1v) is 5.35. The highest BCUT2D eigenvalue weighted by atomic mass is 79.9. The molecule has 15 heavy (non-hydrogen) atoms. The van der Waals surface area contributed by atoms with E-state index >= 15 is 0 Å². The van der Waals surface area contributed by atoms with Crippen LogP contribution in [0.1, 0.15) is 12.5 Å². The third-order valence-electron chi connectivity index (χ3n) is 1.99. The Morgan fingerprint density at radius 3 is 2.67 bits per heavy atom. The minimum absolute atomic E-state index is 0.384. The van der Waals surface area contributed by atoms with Crippen molar-refractivity contribution in [2.45, 2.75) is 20.0 Å². The summed E-state index contributed by atoms with van der Waals surface area (Å²) in [5.41, 5.74) is 0.972. The Morgan fingerprint density at radius 1 is 1.47 bits per heavy atom. The molecule has 0 aliphatic heterocycles. The number of para-hydroxylation sites is 1. The number of halogens is 1. The number of carbonyl (C=O) groups excluding carboxylic acids is 1. The third kappa shape index (κ3) is 2.96. The van der Waals surface area contributed by atoms with E-state index in [1.54, 1.807) is 6.92 Å². The Hall–Kier alpha value is -1.03. The smallest absolute Gasteiger partial charge is 0.346 e. The first-order chi connectivity index (χ1) is 7.06. The van der Waals surface area contributed by atoms with Gasteiger partial charge in [0.15, 0.2) is 6.10 Å². The molecule has 0 bridgehead atoms. The molecule has 0 saturated heterocycles. The molecule has 0 heterocycles. The van der Waals surface area contributed by atoms with Gasteiger partial charge in [0, 0.05) is 0 Å². The van der Waals surface area contributed by atoms with Gasteiger partial charge in [0.25, 0.3) is 0 Å². The van der Waals surface area contributed by atoms with E-state index in [0.29, 0.717) is 5.75 Å². The average Bonchev–Trinajstić information content (AvgIpc) is 2.22. The predicted molar refractivity (Wildman–Crippen MR) is 61.0 cm³/mol. The summed E-state index contributed by atoms with van der Waals surface area (Å²) < 4.78 is 10.9. The number of methoxy groups -OCH3 is 1. The van der Waals surface area contributed by atoms with Gasteiger partial charge < -0.3 is 9.47 Å². The number of benzene rings is 1. The summed E-state index contributed by atoms with van der Waals surface area (Å²) in [5.74, 6) is 0.292. The van der Waals surface area contributed by atoms with Gasteiger partial charge in [-0.3, -0.25) is 0 Å². The zero-order chi connectivity index (χ0) is 11.4. The highest BCUT2D eigenvalue weighted by Crippen LogP contribution is 2.29. The molecule has 0 spiro atoms. The summed E-state index contributed by atoms with van der Waals surface area (Å²) in [5, 5.41) is 0. The van der Waals surface area contributed by atoms with Crippen LogP contribution in [-0.4, -0.2) is 19.2 Å². The van der Waals surface area contributed by atoms with Gasteiger partial charge >= 0.3 is 5.97 Å². The summed E-state index contributed by atoms with van der Waals surface area (Å²) in [6, 6.07) is 5.70. The molecule has 1 aromatic carbocycles. The standard InChI is InChI=1S/C11H13BrO3/c1-7-5-4-6-9(12)10(7)15-8(2)11(13)14-3/h4-6,8H,1-3H3. The van der Waals surface area contributed by atoms with Gasteiger partial charge in [-0.2, -0.15) is 0 Å². The maximum absolute atomic E-state index is 11.2. The van der Waals surface area contributed by atoms with Crippen molar-refractivity contribution in [3.8, 4) is 5.75 Å². The molecule has 82 valence electrons. The SMILES string of the molecule is COC(=O)C(C)Oc1c(C)cccc1Br. The average molecular weight is 273 g/mol. The second-order valence-corrected chi connectivity index (χ2v) is 4.02. The van der Waals surface area contributed by atoms with Crippen LogP contribution < -0.4 is 4.74 Å². The highest BCUT2D eigenvalue weighted by Gasteiger charge is 2.17. The Morgan fingerprint density at radius 2 is 2.13 bits per heavy atom. The molecule has 1 unspecified atom stereocenters. The van der Waals surface area contributed by atoms with E-state index in [9.17, 15) is 4.79 Å². The highest BCUT2D eigenvalue weighted by molar-refractivity contribution is 9.10. The fraction of sp³-hybridized carbons (Fsp3) is 0.364. The monoisotopic (exact) mass is 272 g/mol. The lowest BCUT2D eigenvalue weighted by Crippen LogP contribution is -2.25. The topological polar surface area (TPSA) is 35.5 Å². The summed E-state index contributed by atoms with van der Waals surface area (Å²) >= 11 is 3.37. The lowest BCUT2D eigenvalue weighted by atomic mass is 10.2. The molecule has 0 saturated carbocycles. The number of esters is 1. The fourth-order valence-electron chi connectivity index (χ4n) is 1.16. The summed E-state index contributed by atoms with van der Waals surface area (Å²) in [7, 11) is 1.34. The van der Waals surface area contributed by atoms with E-state index in [-0.39, 0.29) is 5.97 Å². The summed E-state index contributed by atoms with van der Waals surface area (Å²) in [6.45, 7) is 3.58. The van der Waals surface area contributed by atoms with Gasteiger partial charge in [0.05, 0.1) is 11.6 Å². The van der Waals surface area contributed by atoms with Gasteiger partial charge in [-0.1, -0.05) is 12.1 Å². The van der Waals surface area contributed by atoms with Crippen molar-refractivity contribution in [2.24, 2.45) is 0 Å². The van der Waals surface area contributed by atoms with Crippen LogP contribution in [0.15, 0.2) is 22.7 Å². The number of carbonyl (C=O) groups is 1. The number of ether oxygens (including phenoxy) is 2. The first-order valence-electron chi connectivity index (χ1n) is 4.56. The maximum atomic E-state index is 11.2. The zero-order valence-corrected chi connectivity index (χ0v) is 10.5. The Kier molecular flexibility index (Phi) is 4.15. The normalized spacial score (nSPS) is 12.0. The molecule has 0 N–H and O–H groups in total. The van der Waals surface area contributed by atoms with Crippen LogP contribution in [0.5, 0.6) is 5.75 Å². The Balaban J connectivity index is 2.85. The third-order valence-corrected chi connectivity index (χ3v) is 2.62. The molecule has 0 radical (unpaired) electrons. The molecular formula is C11H13BrO3.